The zero-order valence-corrected chi connectivity index (χ0v) is 15.6. The highest BCUT2D eigenvalue weighted by atomic mass is 16.5. The van der Waals surface area contributed by atoms with Gasteiger partial charge in [-0.15, -0.1) is 0 Å². The van der Waals surface area contributed by atoms with Crippen LogP contribution < -0.4 is 0 Å². The van der Waals surface area contributed by atoms with Crippen molar-refractivity contribution in [2.24, 2.45) is 11.8 Å². The Kier molecular flexibility index (Phi) is 8.35. The van der Waals surface area contributed by atoms with E-state index in [4.69, 9.17) is 4.74 Å². The molecular weight excluding hydrogens is 296 g/mol. The monoisotopic (exact) mass is 330 g/mol. The molecule has 0 aromatic heterocycles. The lowest BCUT2D eigenvalue weighted by Crippen LogP contribution is -2.15. The number of methoxy groups -OCH3 is 1. The summed E-state index contributed by atoms with van der Waals surface area (Å²) >= 11 is 0. The minimum absolute atomic E-state index is 0.251. The van der Waals surface area contributed by atoms with E-state index in [0.29, 0.717) is 5.56 Å². The summed E-state index contributed by atoms with van der Waals surface area (Å²) in [6.07, 6.45) is 15.2. The van der Waals surface area contributed by atoms with Gasteiger partial charge in [-0.25, -0.2) is 4.79 Å². The summed E-state index contributed by atoms with van der Waals surface area (Å²) in [6, 6.07) is 7.92. The second-order valence-corrected chi connectivity index (χ2v) is 7.46. The van der Waals surface area contributed by atoms with E-state index in [1.54, 1.807) is 0 Å². The summed E-state index contributed by atoms with van der Waals surface area (Å²) < 4.78 is 4.74. The van der Waals surface area contributed by atoms with Crippen molar-refractivity contribution in [3.8, 4) is 0 Å². The molecule has 0 spiro atoms. The number of rotatable bonds is 9. The van der Waals surface area contributed by atoms with Crippen molar-refractivity contribution in [2.75, 3.05) is 7.11 Å². The number of hydrogen-bond acceptors (Lipinski definition) is 2. The number of aryl methyl sites for hydroxylation is 1. The van der Waals surface area contributed by atoms with Crippen LogP contribution >= 0.6 is 0 Å². The van der Waals surface area contributed by atoms with Gasteiger partial charge >= 0.3 is 5.97 Å². The highest BCUT2D eigenvalue weighted by molar-refractivity contribution is 5.89. The van der Waals surface area contributed by atoms with Crippen molar-refractivity contribution in [1.29, 1.82) is 0 Å². The molecule has 134 valence electrons. The molecule has 0 atom stereocenters. The molecule has 1 aliphatic rings. The Hall–Kier alpha value is -1.31. The van der Waals surface area contributed by atoms with Crippen molar-refractivity contribution in [3.05, 3.63) is 35.4 Å². The number of carbonyl (C=O) groups excluding carboxylic acids is 1. The molecular formula is C22H34O2. The lowest BCUT2D eigenvalue weighted by molar-refractivity contribution is 0.0600. The quantitative estimate of drug-likeness (QED) is 0.399. The summed E-state index contributed by atoms with van der Waals surface area (Å²) in [7, 11) is 1.43. The lowest BCUT2D eigenvalue weighted by atomic mass is 9.77. The van der Waals surface area contributed by atoms with E-state index in [1.165, 1.54) is 76.9 Å². The Balaban J connectivity index is 1.64. The lowest BCUT2D eigenvalue weighted by Gasteiger charge is -2.28. The van der Waals surface area contributed by atoms with E-state index in [9.17, 15) is 4.79 Å². The molecule has 1 aromatic carbocycles. The maximum Gasteiger partial charge on any atom is 0.337 e. The van der Waals surface area contributed by atoms with Gasteiger partial charge in [0.2, 0.25) is 0 Å². The van der Waals surface area contributed by atoms with Crippen LogP contribution in [0, 0.1) is 11.8 Å². The second-order valence-electron chi connectivity index (χ2n) is 7.46. The Bertz CT molecular complexity index is 469. The molecule has 0 heterocycles. The maximum absolute atomic E-state index is 11.4. The molecule has 2 rings (SSSR count). The largest absolute Gasteiger partial charge is 0.465 e. The highest BCUT2D eigenvalue weighted by Gasteiger charge is 2.20. The van der Waals surface area contributed by atoms with Gasteiger partial charge in [0.1, 0.15) is 0 Å². The normalized spacial score (nSPS) is 20.8. The van der Waals surface area contributed by atoms with Crippen molar-refractivity contribution < 1.29 is 9.53 Å². The van der Waals surface area contributed by atoms with Gasteiger partial charge in [0.25, 0.3) is 0 Å². The molecule has 0 bridgehead atoms. The SMILES string of the molecule is CCCCCCC1CCC(CCc2ccc(C(=O)OC)cc2)CC1. The van der Waals surface area contributed by atoms with Gasteiger partial charge in [-0.1, -0.05) is 76.8 Å². The van der Waals surface area contributed by atoms with Crippen LogP contribution in [0.3, 0.4) is 0 Å². The van der Waals surface area contributed by atoms with Crippen LogP contribution in [-0.2, 0) is 11.2 Å². The van der Waals surface area contributed by atoms with Gasteiger partial charge in [-0.2, -0.15) is 0 Å². The fourth-order valence-electron chi connectivity index (χ4n) is 3.96. The minimum atomic E-state index is -0.251. The third-order valence-corrected chi connectivity index (χ3v) is 5.65. The Labute approximate surface area is 148 Å². The van der Waals surface area contributed by atoms with Crippen LogP contribution in [0.5, 0.6) is 0 Å². The first-order chi connectivity index (χ1) is 11.7. The van der Waals surface area contributed by atoms with E-state index in [0.717, 1.165) is 18.3 Å². The third-order valence-electron chi connectivity index (χ3n) is 5.65. The standard InChI is InChI=1S/C22H34O2/c1-3-4-5-6-7-18-8-10-19(11-9-18)12-13-20-14-16-21(17-15-20)22(23)24-2/h14-19H,3-13H2,1-2H3. The van der Waals surface area contributed by atoms with Crippen LogP contribution in [0.15, 0.2) is 24.3 Å². The molecule has 1 saturated carbocycles. The van der Waals surface area contributed by atoms with Crippen molar-refractivity contribution in [2.45, 2.75) is 77.6 Å². The average molecular weight is 331 g/mol. The molecule has 2 nitrogen and oxygen atoms in total. The maximum atomic E-state index is 11.4. The molecule has 0 radical (unpaired) electrons. The third kappa shape index (κ3) is 6.30. The van der Waals surface area contributed by atoms with Gasteiger partial charge in [-0.3, -0.25) is 0 Å². The predicted molar refractivity (Wildman–Crippen MR) is 100 cm³/mol. The molecule has 0 amide bonds. The molecule has 1 aliphatic carbocycles. The first kappa shape index (κ1) is 19.0. The minimum Gasteiger partial charge on any atom is -0.465 e. The number of ether oxygens (including phenoxy) is 1. The first-order valence-electron chi connectivity index (χ1n) is 9.90. The van der Waals surface area contributed by atoms with E-state index in [-0.39, 0.29) is 5.97 Å². The molecule has 2 heteroatoms. The summed E-state index contributed by atoms with van der Waals surface area (Å²) in [4.78, 5) is 11.4. The van der Waals surface area contributed by atoms with Crippen LogP contribution in [0.1, 0.15) is 87.1 Å². The number of esters is 1. The Morgan fingerprint density at radius 2 is 1.58 bits per heavy atom. The molecule has 1 fully saturated rings. The molecule has 0 aliphatic heterocycles. The number of carbonyl (C=O) groups is 1. The van der Waals surface area contributed by atoms with Gasteiger partial charge in [0.05, 0.1) is 12.7 Å². The van der Waals surface area contributed by atoms with Gasteiger partial charge in [0.15, 0.2) is 0 Å². The number of benzene rings is 1. The Morgan fingerprint density at radius 1 is 0.958 bits per heavy atom. The van der Waals surface area contributed by atoms with Crippen molar-refractivity contribution in [1.82, 2.24) is 0 Å². The van der Waals surface area contributed by atoms with Gasteiger partial charge in [0, 0.05) is 0 Å². The van der Waals surface area contributed by atoms with Gasteiger partial charge in [-0.05, 0) is 42.4 Å². The fraction of sp³-hybridized carbons (Fsp3) is 0.682. The van der Waals surface area contributed by atoms with E-state index < -0.39 is 0 Å². The van der Waals surface area contributed by atoms with Crippen molar-refractivity contribution >= 4 is 5.97 Å². The van der Waals surface area contributed by atoms with E-state index in [1.807, 2.05) is 12.1 Å². The summed E-state index contributed by atoms with van der Waals surface area (Å²) in [5.41, 5.74) is 1.98. The average Bonchev–Trinajstić information content (AvgIpc) is 2.64. The Morgan fingerprint density at radius 3 is 2.17 bits per heavy atom. The zero-order valence-electron chi connectivity index (χ0n) is 15.6. The summed E-state index contributed by atoms with van der Waals surface area (Å²) in [6.45, 7) is 2.29. The van der Waals surface area contributed by atoms with E-state index >= 15 is 0 Å². The fourth-order valence-corrected chi connectivity index (χ4v) is 3.96. The van der Waals surface area contributed by atoms with E-state index in [2.05, 4.69) is 19.1 Å². The number of unbranched alkanes of at least 4 members (excludes halogenated alkanes) is 3. The molecule has 0 unspecified atom stereocenters. The van der Waals surface area contributed by atoms with Crippen LogP contribution in [0.25, 0.3) is 0 Å². The first-order valence-corrected chi connectivity index (χ1v) is 9.90. The van der Waals surface area contributed by atoms with Crippen LogP contribution in [-0.4, -0.2) is 13.1 Å². The van der Waals surface area contributed by atoms with Gasteiger partial charge < -0.3 is 4.74 Å². The summed E-state index contributed by atoms with van der Waals surface area (Å²) in [5.74, 6) is 1.65. The summed E-state index contributed by atoms with van der Waals surface area (Å²) in [5, 5.41) is 0. The molecule has 0 saturated heterocycles. The molecule has 1 aromatic rings. The topological polar surface area (TPSA) is 26.3 Å². The van der Waals surface area contributed by atoms with Crippen LogP contribution in [0.4, 0.5) is 0 Å². The molecule has 0 N–H and O–H groups in total. The van der Waals surface area contributed by atoms with Crippen molar-refractivity contribution in [3.63, 3.8) is 0 Å². The molecule has 24 heavy (non-hydrogen) atoms. The number of hydrogen-bond donors (Lipinski definition) is 0. The zero-order chi connectivity index (χ0) is 17.2. The smallest absolute Gasteiger partial charge is 0.337 e. The highest BCUT2D eigenvalue weighted by Crippen LogP contribution is 2.34. The van der Waals surface area contributed by atoms with Crippen LogP contribution in [0.2, 0.25) is 0 Å². The predicted octanol–water partition coefficient (Wildman–Crippen LogP) is 6.18. The second kappa shape index (κ2) is 10.5.